The van der Waals surface area contributed by atoms with Crippen LogP contribution >= 0.6 is 0 Å². The number of alkyl halides is 4. The number of carbonyl (C=O) groups is 1. The van der Waals surface area contributed by atoms with Gasteiger partial charge in [-0.25, -0.2) is 8.78 Å². The molecule has 0 aromatic heterocycles. The third-order valence-corrected chi connectivity index (χ3v) is 3.00. The maximum Gasteiger partial charge on any atom is 0.383 e. The number of likely N-dealkylation sites (tertiary alicyclic amines) is 1. The van der Waals surface area contributed by atoms with Gasteiger partial charge in [-0.2, -0.15) is 8.78 Å². The lowest BCUT2D eigenvalue weighted by Crippen LogP contribution is -2.54. The van der Waals surface area contributed by atoms with Crippen LogP contribution in [0.15, 0.2) is 0 Å². The Labute approximate surface area is 97.2 Å². The van der Waals surface area contributed by atoms with E-state index in [9.17, 15) is 22.4 Å². The van der Waals surface area contributed by atoms with Crippen molar-refractivity contribution in [3.8, 4) is 0 Å². The van der Waals surface area contributed by atoms with Crippen LogP contribution in [0.25, 0.3) is 0 Å². The molecule has 0 saturated carbocycles. The summed E-state index contributed by atoms with van der Waals surface area (Å²) in [6, 6.07) is -0.469. The van der Waals surface area contributed by atoms with Crippen LogP contribution in [0, 0.1) is 5.92 Å². The van der Waals surface area contributed by atoms with E-state index in [1.165, 1.54) is 0 Å². The zero-order valence-electron chi connectivity index (χ0n) is 9.72. The summed E-state index contributed by atoms with van der Waals surface area (Å²) in [6.45, 7) is 3.09. The molecule has 0 aromatic rings. The third kappa shape index (κ3) is 3.31. The Morgan fingerprint density at radius 1 is 1.47 bits per heavy atom. The van der Waals surface area contributed by atoms with Crippen LogP contribution in [-0.4, -0.2) is 49.3 Å². The number of amides is 1. The second kappa shape index (κ2) is 5.20. The summed E-state index contributed by atoms with van der Waals surface area (Å²) in [6.07, 6.45) is -3.48. The van der Waals surface area contributed by atoms with Gasteiger partial charge in [0, 0.05) is 12.6 Å². The average molecular weight is 256 g/mol. The average Bonchev–Trinajstić information content (AvgIpc) is 2.21. The van der Waals surface area contributed by atoms with E-state index in [4.69, 9.17) is 0 Å². The molecule has 1 heterocycles. The van der Waals surface area contributed by atoms with Gasteiger partial charge in [0.2, 0.25) is 0 Å². The molecule has 0 bridgehead atoms. The first-order chi connectivity index (χ1) is 7.75. The van der Waals surface area contributed by atoms with E-state index in [0.29, 0.717) is 19.5 Å². The Hall–Kier alpha value is -0.850. The molecular formula is C10H16F4N2O. The molecule has 100 valence electrons. The van der Waals surface area contributed by atoms with Gasteiger partial charge < -0.3 is 10.2 Å². The minimum Gasteiger partial charge on any atom is -0.348 e. The number of rotatable bonds is 3. The fourth-order valence-corrected chi connectivity index (χ4v) is 1.93. The monoisotopic (exact) mass is 256 g/mol. The van der Waals surface area contributed by atoms with Crippen molar-refractivity contribution in [2.24, 2.45) is 5.92 Å². The minimum atomic E-state index is -4.61. The summed E-state index contributed by atoms with van der Waals surface area (Å²) in [5.74, 6) is -6.52. The number of nitrogens with one attached hydrogen (secondary N) is 1. The molecule has 1 aliphatic rings. The van der Waals surface area contributed by atoms with Crippen molar-refractivity contribution in [2.75, 3.05) is 20.1 Å². The molecule has 2 atom stereocenters. The van der Waals surface area contributed by atoms with Crippen LogP contribution < -0.4 is 5.32 Å². The van der Waals surface area contributed by atoms with E-state index in [1.54, 1.807) is 6.92 Å². The summed E-state index contributed by atoms with van der Waals surface area (Å²) >= 11 is 0. The molecule has 1 saturated heterocycles. The van der Waals surface area contributed by atoms with Crippen LogP contribution in [0.2, 0.25) is 0 Å². The lowest BCUT2D eigenvalue weighted by atomic mass is 9.94. The normalized spacial score (nSPS) is 27.2. The summed E-state index contributed by atoms with van der Waals surface area (Å²) < 4.78 is 49.4. The van der Waals surface area contributed by atoms with Crippen LogP contribution in [-0.2, 0) is 4.79 Å². The molecule has 1 fully saturated rings. The van der Waals surface area contributed by atoms with Gasteiger partial charge in [0.05, 0.1) is 0 Å². The first-order valence-corrected chi connectivity index (χ1v) is 5.40. The topological polar surface area (TPSA) is 32.3 Å². The number of carbonyl (C=O) groups excluding carboxylic acids is 1. The molecule has 0 aliphatic carbocycles. The van der Waals surface area contributed by atoms with Gasteiger partial charge >= 0.3 is 12.3 Å². The van der Waals surface area contributed by atoms with Gasteiger partial charge in [-0.3, -0.25) is 4.79 Å². The van der Waals surface area contributed by atoms with E-state index in [2.05, 4.69) is 0 Å². The van der Waals surface area contributed by atoms with Crippen LogP contribution in [0.3, 0.4) is 0 Å². The first kappa shape index (κ1) is 14.2. The highest BCUT2D eigenvalue weighted by molar-refractivity contribution is 5.84. The lowest BCUT2D eigenvalue weighted by molar-refractivity contribution is -0.170. The summed E-state index contributed by atoms with van der Waals surface area (Å²) in [5, 5.41) is 2.02. The predicted molar refractivity (Wildman–Crippen MR) is 54.2 cm³/mol. The zero-order valence-corrected chi connectivity index (χ0v) is 9.72. The van der Waals surface area contributed by atoms with Crippen molar-refractivity contribution in [1.29, 1.82) is 0 Å². The summed E-state index contributed by atoms with van der Waals surface area (Å²) in [7, 11) is 1.88. The largest absolute Gasteiger partial charge is 0.383 e. The SMILES string of the molecule is CC1CN(C)CCC1NC(=O)C(F)(F)C(F)F. The number of piperidine rings is 1. The predicted octanol–water partition coefficient (Wildman–Crippen LogP) is 1.34. The van der Waals surface area contributed by atoms with E-state index < -0.39 is 24.3 Å². The highest BCUT2D eigenvalue weighted by Gasteiger charge is 2.49. The number of nitrogens with zero attached hydrogens (tertiary/aromatic N) is 1. The van der Waals surface area contributed by atoms with Crippen molar-refractivity contribution in [2.45, 2.75) is 31.7 Å². The Morgan fingerprint density at radius 2 is 2.06 bits per heavy atom. The highest BCUT2D eigenvalue weighted by Crippen LogP contribution is 2.24. The molecule has 3 nitrogen and oxygen atoms in total. The van der Waals surface area contributed by atoms with Gasteiger partial charge in [-0.1, -0.05) is 6.92 Å². The molecular weight excluding hydrogens is 240 g/mol. The molecule has 0 aromatic carbocycles. The Bertz CT molecular complexity index is 285. The third-order valence-electron chi connectivity index (χ3n) is 3.00. The Kier molecular flexibility index (Phi) is 4.35. The molecule has 1 amide bonds. The maximum absolute atomic E-state index is 12.7. The van der Waals surface area contributed by atoms with Gasteiger partial charge in [0.15, 0.2) is 0 Å². The number of halogens is 4. The van der Waals surface area contributed by atoms with Gasteiger partial charge in [0.1, 0.15) is 0 Å². The van der Waals surface area contributed by atoms with Crippen molar-refractivity contribution in [1.82, 2.24) is 10.2 Å². The van der Waals surface area contributed by atoms with E-state index in [-0.39, 0.29) is 5.92 Å². The van der Waals surface area contributed by atoms with E-state index >= 15 is 0 Å². The first-order valence-electron chi connectivity index (χ1n) is 5.40. The van der Waals surface area contributed by atoms with E-state index in [0.717, 1.165) is 0 Å². The molecule has 0 spiro atoms. The van der Waals surface area contributed by atoms with Crippen molar-refractivity contribution in [3.63, 3.8) is 0 Å². The zero-order chi connectivity index (χ0) is 13.2. The molecule has 1 N–H and O–H groups in total. The second-order valence-electron chi connectivity index (χ2n) is 4.53. The summed E-state index contributed by atoms with van der Waals surface area (Å²) in [5.41, 5.74) is 0. The Morgan fingerprint density at radius 3 is 2.53 bits per heavy atom. The van der Waals surface area contributed by atoms with Crippen molar-refractivity contribution < 1.29 is 22.4 Å². The van der Waals surface area contributed by atoms with E-state index in [1.807, 2.05) is 17.3 Å². The van der Waals surface area contributed by atoms with Crippen molar-refractivity contribution >= 4 is 5.91 Å². The molecule has 17 heavy (non-hydrogen) atoms. The smallest absolute Gasteiger partial charge is 0.348 e. The Balaban J connectivity index is 2.57. The second-order valence-corrected chi connectivity index (χ2v) is 4.53. The lowest BCUT2D eigenvalue weighted by Gasteiger charge is -2.35. The van der Waals surface area contributed by atoms with Crippen LogP contribution in [0.1, 0.15) is 13.3 Å². The molecule has 1 aliphatic heterocycles. The van der Waals surface area contributed by atoms with Gasteiger partial charge in [-0.05, 0) is 25.9 Å². The van der Waals surface area contributed by atoms with Gasteiger partial charge in [0.25, 0.3) is 5.91 Å². The molecule has 1 rings (SSSR count). The summed E-state index contributed by atoms with van der Waals surface area (Å²) in [4.78, 5) is 13.0. The quantitative estimate of drug-likeness (QED) is 0.773. The molecule has 7 heteroatoms. The molecule has 0 radical (unpaired) electrons. The molecule has 2 unspecified atom stereocenters. The maximum atomic E-state index is 12.7. The highest BCUT2D eigenvalue weighted by atomic mass is 19.3. The number of hydrogen-bond acceptors (Lipinski definition) is 2. The number of hydrogen-bond donors (Lipinski definition) is 1. The fraction of sp³-hybridized carbons (Fsp3) is 0.900. The van der Waals surface area contributed by atoms with Crippen LogP contribution in [0.5, 0.6) is 0 Å². The standard InChI is InChI=1S/C10H16F4N2O/c1-6-5-16(2)4-3-7(6)15-9(17)10(13,14)8(11)12/h6-8H,3-5H2,1-2H3,(H,15,17). The minimum absolute atomic E-state index is 0.0360. The van der Waals surface area contributed by atoms with Gasteiger partial charge in [-0.15, -0.1) is 0 Å². The fourth-order valence-electron chi connectivity index (χ4n) is 1.93. The van der Waals surface area contributed by atoms with Crippen molar-refractivity contribution in [3.05, 3.63) is 0 Å². The van der Waals surface area contributed by atoms with Crippen LogP contribution in [0.4, 0.5) is 17.6 Å².